The van der Waals surface area contributed by atoms with Crippen molar-refractivity contribution in [2.45, 2.75) is 20.8 Å². The topological polar surface area (TPSA) is 93.5 Å². The molecule has 1 N–H and O–H groups in total. The molecule has 1 aromatic carbocycles. The molecule has 162 valence electrons. The van der Waals surface area contributed by atoms with Crippen LogP contribution in [0.25, 0.3) is 11.8 Å². The van der Waals surface area contributed by atoms with Gasteiger partial charge < -0.3 is 9.30 Å². The van der Waals surface area contributed by atoms with Gasteiger partial charge in [0.1, 0.15) is 11.3 Å². The molecule has 0 aliphatic carbocycles. The lowest BCUT2D eigenvalue weighted by Gasteiger charge is -2.26. The van der Waals surface area contributed by atoms with Crippen LogP contribution in [0.1, 0.15) is 23.9 Å². The number of anilines is 1. The maximum atomic E-state index is 13.1. The van der Waals surface area contributed by atoms with Gasteiger partial charge in [-0.1, -0.05) is 0 Å². The lowest BCUT2D eigenvalue weighted by atomic mass is 10.1. The molecular weight excluding hydrogens is 408 g/mol. The van der Waals surface area contributed by atoms with Crippen LogP contribution < -0.4 is 15.0 Å². The summed E-state index contributed by atoms with van der Waals surface area (Å²) in [5, 5.41) is 2.24. The largest absolute Gasteiger partial charge is 0.494 e. The fourth-order valence-corrected chi connectivity index (χ4v) is 3.73. The van der Waals surface area contributed by atoms with Crippen LogP contribution in [-0.4, -0.2) is 34.0 Å². The molecule has 4 rings (SSSR count). The number of pyridine rings is 1. The summed E-state index contributed by atoms with van der Waals surface area (Å²) in [4.78, 5) is 42.7. The Bertz CT molecular complexity index is 1230. The first-order chi connectivity index (χ1) is 15.4. The van der Waals surface area contributed by atoms with Gasteiger partial charge in [-0.2, -0.15) is 0 Å². The molecular formula is C24H22N4O4. The molecule has 8 heteroatoms. The third kappa shape index (κ3) is 3.78. The maximum absolute atomic E-state index is 13.1. The van der Waals surface area contributed by atoms with Gasteiger partial charge in [-0.05, 0) is 74.9 Å². The van der Waals surface area contributed by atoms with Crippen LogP contribution in [0.2, 0.25) is 0 Å². The van der Waals surface area contributed by atoms with Crippen molar-refractivity contribution in [3.63, 3.8) is 0 Å². The lowest BCUT2D eigenvalue weighted by Crippen LogP contribution is -2.54. The molecule has 1 aliphatic heterocycles. The monoisotopic (exact) mass is 430 g/mol. The average molecular weight is 430 g/mol. The molecule has 1 fully saturated rings. The van der Waals surface area contributed by atoms with E-state index in [4.69, 9.17) is 4.74 Å². The molecule has 1 aliphatic rings. The number of imide groups is 2. The van der Waals surface area contributed by atoms with Crippen molar-refractivity contribution in [3.05, 3.63) is 77.4 Å². The first-order valence-electron chi connectivity index (χ1n) is 10.1. The molecule has 0 bridgehead atoms. The standard InChI is InChI=1S/C24H22N4O4/c1-4-32-20-7-5-18(6-8-20)27-15(2)13-17(16(27)3)14-21-22(29)26-24(31)28(23(21)30)19-9-11-25-12-10-19/h5-14H,4H2,1-3H3,(H,26,29,31)/b21-14+. The molecule has 2 aromatic heterocycles. The van der Waals surface area contributed by atoms with Crippen LogP contribution in [0, 0.1) is 13.8 Å². The number of aryl methyl sites for hydroxylation is 1. The predicted octanol–water partition coefficient (Wildman–Crippen LogP) is 3.55. The second kappa shape index (κ2) is 8.50. The number of hydrogen-bond acceptors (Lipinski definition) is 5. The number of nitrogens with zero attached hydrogens (tertiary/aromatic N) is 3. The van der Waals surface area contributed by atoms with Gasteiger partial charge in [-0.3, -0.25) is 19.9 Å². The zero-order valence-electron chi connectivity index (χ0n) is 18.0. The zero-order valence-corrected chi connectivity index (χ0v) is 18.0. The van der Waals surface area contributed by atoms with Crippen molar-refractivity contribution in [2.24, 2.45) is 0 Å². The second-order valence-corrected chi connectivity index (χ2v) is 7.25. The van der Waals surface area contributed by atoms with Crippen LogP contribution >= 0.6 is 0 Å². The van der Waals surface area contributed by atoms with Crippen LogP contribution in [-0.2, 0) is 9.59 Å². The van der Waals surface area contributed by atoms with Crippen LogP contribution in [0.15, 0.2) is 60.4 Å². The second-order valence-electron chi connectivity index (χ2n) is 7.25. The highest BCUT2D eigenvalue weighted by Gasteiger charge is 2.37. The summed E-state index contributed by atoms with van der Waals surface area (Å²) in [6, 6.07) is 11.9. The highest BCUT2D eigenvalue weighted by Crippen LogP contribution is 2.26. The SMILES string of the molecule is CCOc1ccc(-n2c(C)cc(/C=C3\C(=O)NC(=O)N(c4ccncc4)C3=O)c2C)cc1. The Balaban J connectivity index is 1.71. The third-order valence-corrected chi connectivity index (χ3v) is 5.20. The maximum Gasteiger partial charge on any atom is 0.335 e. The number of urea groups is 1. The Morgan fingerprint density at radius 1 is 1.00 bits per heavy atom. The van der Waals surface area contributed by atoms with E-state index in [1.54, 1.807) is 0 Å². The van der Waals surface area contributed by atoms with Crippen molar-refractivity contribution in [1.82, 2.24) is 14.9 Å². The lowest BCUT2D eigenvalue weighted by molar-refractivity contribution is -0.122. The highest BCUT2D eigenvalue weighted by atomic mass is 16.5. The van der Waals surface area contributed by atoms with Crippen molar-refractivity contribution >= 4 is 29.6 Å². The molecule has 32 heavy (non-hydrogen) atoms. The number of ether oxygens (including phenoxy) is 1. The molecule has 3 heterocycles. The highest BCUT2D eigenvalue weighted by molar-refractivity contribution is 6.39. The molecule has 1 saturated heterocycles. The number of nitrogens with one attached hydrogen (secondary N) is 1. The Labute approximate surface area is 185 Å². The minimum absolute atomic E-state index is 0.117. The fraction of sp³-hybridized carbons (Fsp3) is 0.167. The van der Waals surface area contributed by atoms with Gasteiger partial charge in [0.2, 0.25) is 0 Å². The van der Waals surface area contributed by atoms with E-state index in [-0.39, 0.29) is 5.57 Å². The van der Waals surface area contributed by atoms with Gasteiger partial charge in [0.25, 0.3) is 11.8 Å². The van der Waals surface area contributed by atoms with E-state index < -0.39 is 17.8 Å². The summed E-state index contributed by atoms with van der Waals surface area (Å²) in [5.74, 6) is -0.626. The number of rotatable bonds is 5. The molecule has 4 amide bonds. The normalized spacial score (nSPS) is 15.3. The van der Waals surface area contributed by atoms with Gasteiger partial charge >= 0.3 is 6.03 Å². The van der Waals surface area contributed by atoms with Gasteiger partial charge in [0.05, 0.1) is 12.3 Å². The molecule has 0 atom stereocenters. The summed E-state index contributed by atoms with van der Waals surface area (Å²) in [6.45, 7) is 6.38. The van der Waals surface area contributed by atoms with Crippen molar-refractivity contribution < 1.29 is 19.1 Å². The third-order valence-electron chi connectivity index (χ3n) is 5.20. The van der Waals surface area contributed by atoms with E-state index in [0.29, 0.717) is 17.9 Å². The van der Waals surface area contributed by atoms with Crippen LogP contribution in [0.3, 0.4) is 0 Å². The van der Waals surface area contributed by atoms with Crippen molar-refractivity contribution in [1.29, 1.82) is 0 Å². The molecule has 0 saturated carbocycles. The summed E-state index contributed by atoms with van der Waals surface area (Å²) in [6.07, 6.45) is 4.46. The molecule has 0 unspecified atom stereocenters. The van der Waals surface area contributed by atoms with E-state index in [2.05, 4.69) is 10.3 Å². The number of benzene rings is 1. The van der Waals surface area contributed by atoms with E-state index in [1.807, 2.05) is 55.7 Å². The molecule has 3 aromatic rings. The quantitative estimate of drug-likeness (QED) is 0.494. The van der Waals surface area contributed by atoms with E-state index >= 15 is 0 Å². The van der Waals surface area contributed by atoms with Gasteiger partial charge in [0, 0.05) is 29.5 Å². The Morgan fingerprint density at radius 2 is 1.69 bits per heavy atom. The Morgan fingerprint density at radius 3 is 2.34 bits per heavy atom. The van der Waals surface area contributed by atoms with E-state index in [0.717, 1.165) is 27.7 Å². The van der Waals surface area contributed by atoms with E-state index in [1.165, 1.54) is 30.6 Å². The van der Waals surface area contributed by atoms with Gasteiger partial charge in [-0.15, -0.1) is 0 Å². The number of carbonyl (C=O) groups excluding carboxylic acids is 3. The minimum Gasteiger partial charge on any atom is -0.494 e. The summed E-state index contributed by atoms with van der Waals surface area (Å²) in [5.41, 5.74) is 3.64. The summed E-state index contributed by atoms with van der Waals surface area (Å²) >= 11 is 0. The van der Waals surface area contributed by atoms with Crippen LogP contribution in [0.5, 0.6) is 5.75 Å². The van der Waals surface area contributed by atoms with Crippen LogP contribution in [0.4, 0.5) is 10.5 Å². The first kappa shape index (κ1) is 21.0. The van der Waals surface area contributed by atoms with Gasteiger partial charge in [-0.25, -0.2) is 9.69 Å². The number of barbiturate groups is 1. The van der Waals surface area contributed by atoms with Gasteiger partial charge in [0.15, 0.2) is 0 Å². The molecule has 0 spiro atoms. The molecule has 8 nitrogen and oxygen atoms in total. The number of hydrogen-bond donors (Lipinski definition) is 1. The predicted molar refractivity (Wildman–Crippen MR) is 120 cm³/mol. The number of aromatic nitrogens is 2. The smallest absolute Gasteiger partial charge is 0.335 e. The molecule has 0 radical (unpaired) electrons. The average Bonchev–Trinajstić information content (AvgIpc) is 3.05. The number of carbonyl (C=O) groups is 3. The zero-order chi connectivity index (χ0) is 22.8. The fourth-order valence-electron chi connectivity index (χ4n) is 3.73. The Hall–Kier alpha value is -4.20. The summed E-state index contributed by atoms with van der Waals surface area (Å²) < 4.78 is 7.53. The van der Waals surface area contributed by atoms with E-state index in [9.17, 15) is 14.4 Å². The van der Waals surface area contributed by atoms with Crippen molar-refractivity contribution in [3.8, 4) is 11.4 Å². The summed E-state index contributed by atoms with van der Waals surface area (Å²) in [7, 11) is 0. The van der Waals surface area contributed by atoms with Crippen molar-refractivity contribution in [2.75, 3.05) is 11.5 Å². The minimum atomic E-state index is -0.789. The number of amides is 4. The Kier molecular flexibility index (Phi) is 5.59. The first-order valence-corrected chi connectivity index (χ1v) is 10.1.